The molecule has 1 aliphatic heterocycles. The number of nitrogens with zero attached hydrogens (tertiary/aromatic N) is 3. The predicted molar refractivity (Wildman–Crippen MR) is 183 cm³/mol. The van der Waals surface area contributed by atoms with E-state index in [9.17, 15) is 19.2 Å². The molecule has 3 unspecified atom stereocenters. The summed E-state index contributed by atoms with van der Waals surface area (Å²) in [6.07, 6.45) is 3.05. The zero-order chi connectivity index (χ0) is 34.3. The maximum Gasteiger partial charge on any atom is 0.330 e. The van der Waals surface area contributed by atoms with Crippen LogP contribution in [0.25, 0.3) is 22.4 Å². The zero-order valence-electron chi connectivity index (χ0n) is 27.3. The summed E-state index contributed by atoms with van der Waals surface area (Å²) in [5.74, 6) is -0.0854. The van der Waals surface area contributed by atoms with Gasteiger partial charge in [-0.1, -0.05) is 41.9 Å². The summed E-state index contributed by atoms with van der Waals surface area (Å²) in [7, 11) is 6.09. The van der Waals surface area contributed by atoms with Crippen LogP contribution in [0.4, 0.5) is 5.69 Å². The monoisotopic (exact) mass is 672 g/mol. The van der Waals surface area contributed by atoms with Gasteiger partial charge in [0.05, 0.1) is 30.0 Å². The van der Waals surface area contributed by atoms with Gasteiger partial charge < -0.3 is 30.0 Å². The highest BCUT2D eigenvalue weighted by Crippen LogP contribution is 2.43. The number of aromatic nitrogens is 3. The summed E-state index contributed by atoms with van der Waals surface area (Å²) >= 11 is 7.12. The lowest BCUT2D eigenvalue weighted by molar-refractivity contribution is -0.119. The summed E-state index contributed by atoms with van der Waals surface area (Å²) in [6, 6.07) is 13.1. The van der Waals surface area contributed by atoms with E-state index >= 15 is 0 Å². The van der Waals surface area contributed by atoms with Crippen molar-refractivity contribution in [2.24, 2.45) is 14.1 Å². The molecular formula is C35H37ClN6O6. The first-order chi connectivity index (χ1) is 23.0. The molecule has 48 heavy (non-hydrogen) atoms. The number of carbonyl (C=O) groups excluding carboxylic acids is 2. The van der Waals surface area contributed by atoms with Crippen LogP contribution in [-0.4, -0.2) is 58.8 Å². The molecule has 13 heteroatoms. The number of pyridine rings is 1. The Morgan fingerprint density at radius 1 is 1.08 bits per heavy atom. The number of halogens is 1. The van der Waals surface area contributed by atoms with Crippen molar-refractivity contribution in [1.82, 2.24) is 24.8 Å². The minimum Gasteiger partial charge on any atom is -0.481 e. The van der Waals surface area contributed by atoms with E-state index in [2.05, 4.69) is 16.0 Å². The summed E-state index contributed by atoms with van der Waals surface area (Å²) in [5.41, 5.74) is 4.69. The summed E-state index contributed by atoms with van der Waals surface area (Å²) in [5, 5.41) is 9.87. The molecule has 4 aromatic rings. The molecular weight excluding hydrogens is 636 g/mol. The molecule has 250 valence electrons. The standard InChI is InChI=1S/C35H37ClN6O6/c1-18-21(8-7-11-25(18)39-32(44)24-17-41(2)35(46)42(3)34(24)45)22-9-6-10-23(30(22)36)26-14-19-15-27(47-4)31(29(19)33(40-26)48-5)37-16-20-12-13-28(43)38-20/h6-11,14,17,20,27,31,37H,12-13,15-16H2,1-5H3,(H,38,43)(H,39,44). The van der Waals surface area contributed by atoms with Crippen LogP contribution in [0, 0.1) is 6.92 Å². The molecule has 2 aromatic carbocycles. The van der Waals surface area contributed by atoms with E-state index in [4.69, 9.17) is 26.1 Å². The van der Waals surface area contributed by atoms with E-state index in [-0.39, 0.29) is 29.7 Å². The van der Waals surface area contributed by atoms with Crippen molar-refractivity contribution in [3.63, 3.8) is 0 Å². The van der Waals surface area contributed by atoms with Crippen molar-refractivity contribution in [3.8, 4) is 28.3 Å². The maximum atomic E-state index is 13.2. The first-order valence-corrected chi connectivity index (χ1v) is 16.0. The molecule has 2 aliphatic rings. The second-order valence-corrected chi connectivity index (χ2v) is 12.5. The van der Waals surface area contributed by atoms with Gasteiger partial charge in [-0.05, 0) is 42.2 Å². The van der Waals surface area contributed by atoms with Crippen molar-refractivity contribution in [2.75, 3.05) is 26.1 Å². The third-order valence-electron chi connectivity index (χ3n) is 9.22. The van der Waals surface area contributed by atoms with E-state index in [1.807, 2.05) is 37.3 Å². The van der Waals surface area contributed by atoms with Crippen molar-refractivity contribution < 1.29 is 19.1 Å². The minimum absolute atomic E-state index is 0.0648. The van der Waals surface area contributed by atoms with Gasteiger partial charge in [0.25, 0.3) is 11.5 Å². The molecule has 12 nitrogen and oxygen atoms in total. The Balaban J connectivity index is 1.32. The maximum absolute atomic E-state index is 13.2. The average Bonchev–Trinajstić information content (AvgIpc) is 3.67. The highest BCUT2D eigenvalue weighted by Gasteiger charge is 2.37. The van der Waals surface area contributed by atoms with Crippen LogP contribution < -0.4 is 31.9 Å². The SMILES string of the molecule is COc1nc(-c2cccc(-c3cccc(NC(=O)c4cn(C)c(=O)n(C)c4=O)c3C)c2Cl)cc2c1C(NCC1CCC(=O)N1)C(OC)C2. The number of aryl methyl sites for hydroxylation is 1. The number of benzene rings is 2. The molecule has 0 bridgehead atoms. The highest BCUT2D eigenvalue weighted by atomic mass is 35.5. The second-order valence-electron chi connectivity index (χ2n) is 12.2. The van der Waals surface area contributed by atoms with Crippen molar-refractivity contribution >= 4 is 29.1 Å². The molecule has 6 rings (SSSR count). The summed E-state index contributed by atoms with van der Waals surface area (Å²) in [6.45, 7) is 2.47. The number of hydrogen-bond acceptors (Lipinski definition) is 8. The van der Waals surface area contributed by atoms with Crippen molar-refractivity contribution in [1.29, 1.82) is 0 Å². The summed E-state index contributed by atoms with van der Waals surface area (Å²) in [4.78, 5) is 54.6. The molecule has 1 aliphatic carbocycles. The minimum atomic E-state index is -0.682. The zero-order valence-corrected chi connectivity index (χ0v) is 28.1. The third kappa shape index (κ3) is 6.02. The van der Waals surface area contributed by atoms with E-state index in [0.29, 0.717) is 47.2 Å². The second kappa shape index (κ2) is 13.4. The molecule has 2 aromatic heterocycles. The number of amides is 2. The molecule has 0 spiro atoms. The Kier molecular flexibility index (Phi) is 9.24. The quantitative estimate of drug-likeness (QED) is 0.245. The van der Waals surface area contributed by atoms with Crippen molar-refractivity contribution in [3.05, 3.63) is 96.8 Å². The smallest absolute Gasteiger partial charge is 0.330 e. The van der Waals surface area contributed by atoms with Crippen LogP contribution in [0.1, 0.15) is 45.9 Å². The molecule has 3 N–H and O–H groups in total. The number of rotatable bonds is 9. The largest absolute Gasteiger partial charge is 0.481 e. The van der Waals surface area contributed by atoms with E-state index in [1.54, 1.807) is 26.4 Å². The van der Waals surface area contributed by atoms with Gasteiger partial charge >= 0.3 is 5.69 Å². The van der Waals surface area contributed by atoms with Gasteiger partial charge in [0.2, 0.25) is 11.8 Å². The number of anilines is 1. The van der Waals surface area contributed by atoms with E-state index in [0.717, 1.165) is 38.8 Å². The lowest BCUT2D eigenvalue weighted by atomic mass is 9.96. The number of carbonyl (C=O) groups is 2. The number of ether oxygens (including phenoxy) is 2. The van der Waals surface area contributed by atoms with Gasteiger partial charge in [-0.2, -0.15) is 0 Å². The highest BCUT2D eigenvalue weighted by molar-refractivity contribution is 6.36. The third-order valence-corrected chi connectivity index (χ3v) is 9.62. The van der Waals surface area contributed by atoms with Gasteiger partial charge in [-0.25, -0.2) is 9.78 Å². The predicted octanol–water partition coefficient (Wildman–Crippen LogP) is 3.52. The first-order valence-electron chi connectivity index (χ1n) is 15.6. The molecule has 3 atom stereocenters. The van der Waals surface area contributed by atoms with Gasteiger partial charge in [0, 0.05) is 75.2 Å². The summed E-state index contributed by atoms with van der Waals surface area (Å²) < 4.78 is 13.8. The Labute approximate surface area is 282 Å². The topological polar surface area (TPSA) is 146 Å². The van der Waals surface area contributed by atoms with Crippen LogP contribution in [0.3, 0.4) is 0 Å². The molecule has 0 saturated carbocycles. The fourth-order valence-electron chi connectivity index (χ4n) is 6.60. The van der Waals surface area contributed by atoms with Crippen molar-refractivity contribution in [2.45, 2.75) is 44.4 Å². The molecule has 2 amide bonds. The molecule has 0 radical (unpaired) electrons. The van der Waals surface area contributed by atoms with Gasteiger partial charge in [0.15, 0.2) is 0 Å². The Morgan fingerprint density at radius 2 is 1.81 bits per heavy atom. The Hall–Kier alpha value is -4.78. The molecule has 1 saturated heterocycles. The van der Waals surface area contributed by atoms with Crippen LogP contribution in [0.5, 0.6) is 5.88 Å². The lowest BCUT2D eigenvalue weighted by Gasteiger charge is -2.23. The fraction of sp³-hybridized carbons (Fsp3) is 0.343. The molecule has 1 fully saturated rings. The Bertz CT molecular complexity index is 2060. The van der Waals surface area contributed by atoms with Crippen LogP contribution >= 0.6 is 11.6 Å². The van der Waals surface area contributed by atoms with Crippen LogP contribution in [0.15, 0.2) is 58.3 Å². The number of hydrogen-bond donors (Lipinski definition) is 3. The van der Waals surface area contributed by atoms with Crippen LogP contribution in [0.2, 0.25) is 5.02 Å². The number of nitrogens with one attached hydrogen (secondary N) is 3. The van der Waals surface area contributed by atoms with Gasteiger partial charge in [-0.3, -0.25) is 19.0 Å². The average molecular weight is 673 g/mol. The first kappa shape index (κ1) is 33.1. The molecule has 3 heterocycles. The Morgan fingerprint density at radius 3 is 2.52 bits per heavy atom. The van der Waals surface area contributed by atoms with Gasteiger partial charge in [0.1, 0.15) is 5.56 Å². The number of methoxy groups -OCH3 is 2. The van der Waals surface area contributed by atoms with E-state index in [1.165, 1.54) is 24.9 Å². The van der Waals surface area contributed by atoms with Crippen LogP contribution in [-0.2, 0) is 30.0 Å². The normalized spacial score (nSPS) is 18.5. The fourth-order valence-corrected chi connectivity index (χ4v) is 6.93. The lowest BCUT2D eigenvalue weighted by Crippen LogP contribution is -2.40. The van der Waals surface area contributed by atoms with Gasteiger partial charge in [-0.15, -0.1) is 0 Å². The van der Waals surface area contributed by atoms with E-state index < -0.39 is 17.2 Å². The number of fused-ring (bicyclic) bond motifs is 1.